The van der Waals surface area contributed by atoms with Crippen molar-refractivity contribution in [1.29, 1.82) is 0 Å². The lowest BCUT2D eigenvalue weighted by Crippen LogP contribution is -2.36. The normalized spacial score (nSPS) is 11.2. The van der Waals surface area contributed by atoms with Gasteiger partial charge in [0.05, 0.1) is 14.2 Å². The molecular weight excluding hydrogens is 434 g/mol. The van der Waals surface area contributed by atoms with Gasteiger partial charge in [-0.2, -0.15) is 0 Å². The van der Waals surface area contributed by atoms with Gasteiger partial charge in [-0.15, -0.1) is 0 Å². The van der Waals surface area contributed by atoms with Crippen LogP contribution in [0.5, 0.6) is 11.5 Å². The average Bonchev–Trinajstić information content (AvgIpc) is 3.27. The number of ether oxygens (including phenoxy) is 2. The number of aromatic nitrogens is 1. The van der Waals surface area contributed by atoms with Crippen molar-refractivity contribution in [3.63, 3.8) is 0 Å². The maximum absolute atomic E-state index is 13.1. The molecular formula is C18H20BrN3O4S. The summed E-state index contributed by atoms with van der Waals surface area (Å²) in [6.45, 7) is 1.15. The van der Waals surface area contributed by atoms with E-state index in [1.165, 1.54) is 11.3 Å². The summed E-state index contributed by atoms with van der Waals surface area (Å²) in [5, 5.41) is 0.562. The van der Waals surface area contributed by atoms with E-state index in [-0.39, 0.29) is 11.7 Å². The first-order valence-electron chi connectivity index (χ1n) is 8.18. The summed E-state index contributed by atoms with van der Waals surface area (Å²) in [5.41, 5.74) is 0.667. The lowest BCUT2D eigenvalue weighted by atomic mass is 10.3. The summed E-state index contributed by atoms with van der Waals surface area (Å²) < 4.78 is 17.7. The molecule has 0 atom stereocenters. The van der Waals surface area contributed by atoms with E-state index in [1.807, 2.05) is 25.1 Å². The molecule has 0 aliphatic carbocycles. The molecule has 0 unspecified atom stereocenters. The van der Waals surface area contributed by atoms with Crippen molar-refractivity contribution in [1.82, 2.24) is 9.88 Å². The molecule has 0 fully saturated rings. The average molecular weight is 454 g/mol. The van der Waals surface area contributed by atoms with Crippen LogP contribution in [0.2, 0.25) is 0 Å². The van der Waals surface area contributed by atoms with Crippen molar-refractivity contribution in [2.75, 3.05) is 46.3 Å². The van der Waals surface area contributed by atoms with E-state index >= 15 is 0 Å². The highest BCUT2D eigenvalue weighted by Crippen LogP contribution is 2.40. The van der Waals surface area contributed by atoms with Gasteiger partial charge in [-0.3, -0.25) is 9.69 Å². The van der Waals surface area contributed by atoms with Crippen LogP contribution in [-0.4, -0.2) is 57.2 Å². The van der Waals surface area contributed by atoms with Crippen LogP contribution >= 0.6 is 27.3 Å². The molecule has 27 heavy (non-hydrogen) atoms. The summed E-state index contributed by atoms with van der Waals surface area (Å²) in [6.07, 6.45) is 0. The molecule has 2 heterocycles. The van der Waals surface area contributed by atoms with E-state index in [0.717, 1.165) is 4.70 Å². The Labute approximate surface area is 169 Å². The summed E-state index contributed by atoms with van der Waals surface area (Å²) in [6, 6.07) is 6.98. The second kappa shape index (κ2) is 8.28. The first kappa shape index (κ1) is 19.7. The Morgan fingerprint density at radius 2 is 1.85 bits per heavy atom. The largest absolute Gasteiger partial charge is 0.495 e. The van der Waals surface area contributed by atoms with Crippen LogP contribution < -0.4 is 14.4 Å². The van der Waals surface area contributed by atoms with Crippen molar-refractivity contribution in [3.8, 4) is 11.5 Å². The van der Waals surface area contributed by atoms with Gasteiger partial charge in [-0.25, -0.2) is 4.98 Å². The second-order valence-corrected chi connectivity index (χ2v) is 7.77. The maximum Gasteiger partial charge on any atom is 0.295 e. The fraction of sp³-hybridized carbons (Fsp3) is 0.333. The highest BCUT2D eigenvalue weighted by molar-refractivity contribution is 9.10. The maximum atomic E-state index is 13.1. The molecule has 0 saturated heterocycles. The molecule has 3 aromatic rings. The number of hydrogen-bond acceptors (Lipinski definition) is 7. The Bertz CT molecular complexity index is 912. The Morgan fingerprint density at radius 3 is 2.44 bits per heavy atom. The predicted octanol–water partition coefficient (Wildman–Crippen LogP) is 3.88. The number of anilines is 1. The molecule has 3 rings (SSSR count). The molecule has 1 amide bonds. The van der Waals surface area contributed by atoms with Crippen molar-refractivity contribution in [2.24, 2.45) is 0 Å². The SMILES string of the molecule is COc1ccc(OC)c2sc(N(CCN(C)C)C(=O)c3ccc(Br)o3)nc12. The van der Waals surface area contributed by atoms with Crippen LogP contribution in [0, 0.1) is 0 Å². The minimum Gasteiger partial charge on any atom is -0.495 e. The molecule has 7 nitrogen and oxygen atoms in total. The van der Waals surface area contributed by atoms with Gasteiger partial charge >= 0.3 is 0 Å². The molecule has 0 spiro atoms. The zero-order valence-corrected chi connectivity index (χ0v) is 17.9. The van der Waals surface area contributed by atoms with Gasteiger partial charge in [0.2, 0.25) is 0 Å². The number of hydrogen-bond donors (Lipinski definition) is 0. The van der Waals surface area contributed by atoms with Crippen LogP contribution in [0.3, 0.4) is 0 Å². The molecule has 0 bridgehead atoms. The zero-order chi connectivity index (χ0) is 19.6. The fourth-order valence-electron chi connectivity index (χ4n) is 2.54. The minimum absolute atomic E-state index is 0.249. The predicted molar refractivity (Wildman–Crippen MR) is 109 cm³/mol. The number of furan rings is 1. The van der Waals surface area contributed by atoms with E-state index in [0.29, 0.717) is 39.9 Å². The number of likely N-dealkylation sites (N-methyl/N-ethyl adjacent to an activating group) is 1. The number of rotatable bonds is 7. The number of halogens is 1. The summed E-state index contributed by atoms with van der Waals surface area (Å²) in [7, 11) is 7.11. The highest BCUT2D eigenvalue weighted by Gasteiger charge is 2.25. The molecule has 0 N–H and O–H groups in total. The molecule has 9 heteroatoms. The second-order valence-electron chi connectivity index (χ2n) is 6.01. The molecule has 0 aliphatic rings. The standard InChI is InChI=1S/C18H20BrN3O4S/c1-21(2)9-10-22(17(23)13-7-8-14(19)26-13)18-20-15-11(24-3)5-6-12(25-4)16(15)27-18/h5-8H,9-10H2,1-4H3. The lowest BCUT2D eigenvalue weighted by molar-refractivity contribution is 0.0957. The van der Waals surface area contributed by atoms with Crippen molar-refractivity contribution < 1.29 is 18.7 Å². The molecule has 144 valence electrons. The molecule has 0 saturated carbocycles. The molecule has 0 radical (unpaired) electrons. The molecule has 0 aliphatic heterocycles. The number of nitrogens with zero attached hydrogens (tertiary/aromatic N) is 3. The first-order valence-corrected chi connectivity index (χ1v) is 9.79. The van der Waals surface area contributed by atoms with Crippen LogP contribution in [-0.2, 0) is 0 Å². The molecule has 2 aromatic heterocycles. The quantitative estimate of drug-likeness (QED) is 0.540. The zero-order valence-electron chi connectivity index (χ0n) is 15.5. The van der Waals surface area contributed by atoms with Gasteiger partial charge in [-0.1, -0.05) is 11.3 Å². The topological polar surface area (TPSA) is 68.0 Å². The third kappa shape index (κ3) is 4.10. The van der Waals surface area contributed by atoms with E-state index in [1.54, 1.807) is 37.3 Å². The van der Waals surface area contributed by atoms with Crippen LogP contribution in [0.4, 0.5) is 5.13 Å². The van der Waals surface area contributed by atoms with E-state index in [2.05, 4.69) is 20.9 Å². The van der Waals surface area contributed by atoms with Gasteiger partial charge in [-0.05, 0) is 54.3 Å². The third-order valence-electron chi connectivity index (χ3n) is 3.93. The van der Waals surface area contributed by atoms with Gasteiger partial charge in [0.15, 0.2) is 15.6 Å². The number of fused-ring (bicyclic) bond motifs is 1. The van der Waals surface area contributed by atoms with Gasteiger partial charge in [0, 0.05) is 13.1 Å². The Morgan fingerprint density at radius 1 is 1.15 bits per heavy atom. The summed E-state index contributed by atoms with van der Waals surface area (Å²) >= 11 is 4.63. The molecule has 1 aromatic carbocycles. The number of amides is 1. The van der Waals surface area contributed by atoms with E-state index in [4.69, 9.17) is 13.9 Å². The summed E-state index contributed by atoms with van der Waals surface area (Å²) in [5.74, 6) is 1.32. The number of methoxy groups -OCH3 is 2. The number of benzene rings is 1. The smallest absolute Gasteiger partial charge is 0.295 e. The number of thiazole rings is 1. The Hall–Kier alpha value is -2.10. The number of carbonyl (C=O) groups is 1. The number of carbonyl (C=O) groups excluding carboxylic acids is 1. The minimum atomic E-state index is -0.250. The lowest BCUT2D eigenvalue weighted by Gasteiger charge is -2.20. The van der Waals surface area contributed by atoms with Crippen LogP contribution in [0.25, 0.3) is 10.2 Å². The van der Waals surface area contributed by atoms with Gasteiger partial charge in [0.1, 0.15) is 21.7 Å². The van der Waals surface area contributed by atoms with Crippen LogP contribution in [0.15, 0.2) is 33.4 Å². The van der Waals surface area contributed by atoms with E-state index < -0.39 is 0 Å². The van der Waals surface area contributed by atoms with Gasteiger partial charge in [0.25, 0.3) is 5.91 Å². The first-order chi connectivity index (χ1) is 12.9. The Kier molecular flexibility index (Phi) is 6.03. The van der Waals surface area contributed by atoms with Crippen molar-refractivity contribution >= 4 is 48.5 Å². The van der Waals surface area contributed by atoms with Crippen LogP contribution in [0.1, 0.15) is 10.6 Å². The highest BCUT2D eigenvalue weighted by atomic mass is 79.9. The summed E-state index contributed by atoms with van der Waals surface area (Å²) in [4.78, 5) is 21.4. The Balaban J connectivity index is 2.07. The van der Waals surface area contributed by atoms with Crippen molar-refractivity contribution in [3.05, 3.63) is 34.7 Å². The van der Waals surface area contributed by atoms with E-state index in [9.17, 15) is 4.79 Å². The van der Waals surface area contributed by atoms with Gasteiger partial charge < -0.3 is 18.8 Å². The monoisotopic (exact) mass is 453 g/mol. The fourth-order valence-corrected chi connectivity index (χ4v) is 3.94. The van der Waals surface area contributed by atoms with Crippen molar-refractivity contribution in [2.45, 2.75) is 0 Å². The third-order valence-corrected chi connectivity index (χ3v) is 5.45.